The number of nitrogens with two attached hydrogens (primary N) is 1. The molecule has 0 aliphatic rings. The second-order valence-electron chi connectivity index (χ2n) is 2.90. The van der Waals surface area contributed by atoms with Gasteiger partial charge in [0.25, 0.3) is 0 Å². The summed E-state index contributed by atoms with van der Waals surface area (Å²) in [5.74, 6) is -3.16. The molecule has 1 rings (SSSR count). The van der Waals surface area contributed by atoms with E-state index in [9.17, 15) is 13.2 Å². The predicted octanol–water partition coefficient (Wildman–Crippen LogP) is 2.47. The Labute approximate surface area is 108 Å². The maximum Gasteiger partial charge on any atom is 0.399 e. The molecular formula is C7H9F3N4S3. The van der Waals surface area contributed by atoms with Crippen molar-refractivity contribution in [2.24, 2.45) is 11.7 Å². The normalized spacial score (nSPS) is 13.6. The van der Waals surface area contributed by atoms with Crippen molar-refractivity contribution < 1.29 is 13.2 Å². The van der Waals surface area contributed by atoms with Gasteiger partial charge in [-0.2, -0.15) is 13.2 Å². The summed E-state index contributed by atoms with van der Waals surface area (Å²) in [7, 11) is 0. The lowest BCUT2D eigenvalue weighted by Crippen LogP contribution is -2.36. The highest BCUT2D eigenvalue weighted by atomic mass is 32.2. The molecule has 1 atom stereocenters. The molecule has 1 unspecified atom stereocenters. The summed E-state index contributed by atoms with van der Waals surface area (Å²) in [6.07, 6.45) is -2.69. The van der Waals surface area contributed by atoms with E-state index in [1.165, 1.54) is 23.1 Å². The summed E-state index contributed by atoms with van der Waals surface area (Å²) in [5.41, 5.74) is 4.93. The second-order valence-corrected chi connectivity index (χ2v) is 6.20. The van der Waals surface area contributed by atoms with Gasteiger partial charge in [0.05, 0.1) is 0 Å². The Balaban J connectivity index is 2.61. The van der Waals surface area contributed by atoms with Crippen LogP contribution in [0.3, 0.4) is 0 Å². The van der Waals surface area contributed by atoms with Crippen LogP contribution in [-0.2, 0) is 0 Å². The highest BCUT2D eigenvalue weighted by molar-refractivity contribution is 8.02. The van der Waals surface area contributed by atoms with E-state index in [1.807, 2.05) is 6.26 Å². The number of alkyl halides is 3. The first-order valence-electron chi connectivity index (χ1n) is 4.25. The van der Waals surface area contributed by atoms with Crippen molar-refractivity contribution in [1.82, 2.24) is 10.2 Å². The number of rotatable bonds is 5. The third kappa shape index (κ3) is 4.36. The molecule has 96 valence electrons. The topological polar surface area (TPSA) is 75.7 Å². The molecule has 1 heterocycles. The van der Waals surface area contributed by atoms with Gasteiger partial charge < -0.3 is 5.73 Å². The molecule has 1 aromatic rings. The van der Waals surface area contributed by atoms with Crippen molar-refractivity contribution in [3.05, 3.63) is 0 Å². The lowest BCUT2D eigenvalue weighted by Gasteiger charge is -2.17. The predicted molar refractivity (Wildman–Crippen MR) is 63.9 cm³/mol. The molecular weight excluding hydrogens is 293 g/mol. The molecule has 4 nitrogen and oxygen atoms in total. The Kier molecular flexibility index (Phi) is 5.07. The largest absolute Gasteiger partial charge is 0.399 e. The molecule has 0 aliphatic heterocycles. The van der Waals surface area contributed by atoms with Gasteiger partial charge in [-0.1, -0.05) is 34.9 Å². The fourth-order valence-electron chi connectivity index (χ4n) is 0.853. The van der Waals surface area contributed by atoms with Crippen molar-refractivity contribution in [1.29, 1.82) is 5.41 Å². The van der Waals surface area contributed by atoms with Crippen molar-refractivity contribution in [2.75, 3.05) is 12.0 Å². The zero-order valence-electron chi connectivity index (χ0n) is 8.61. The molecule has 0 saturated heterocycles. The lowest BCUT2D eigenvalue weighted by molar-refractivity contribution is -0.149. The first-order chi connectivity index (χ1) is 7.84. The van der Waals surface area contributed by atoms with Gasteiger partial charge in [0.1, 0.15) is 11.8 Å². The molecule has 10 heteroatoms. The molecule has 0 spiro atoms. The Morgan fingerprint density at radius 3 is 2.47 bits per heavy atom. The zero-order valence-corrected chi connectivity index (χ0v) is 11.1. The molecule has 0 radical (unpaired) electrons. The molecule has 17 heavy (non-hydrogen) atoms. The fourth-order valence-corrected chi connectivity index (χ4v) is 3.47. The number of hydrogen-bond donors (Lipinski definition) is 2. The minimum absolute atomic E-state index is 0.345. The van der Waals surface area contributed by atoms with Crippen LogP contribution in [0.5, 0.6) is 0 Å². The van der Waals surface area contributed by atoms with Gasteiger partial charge in [0, 0.05) is 5.75 Å². The van der Waals surface area contributed by atoms with Crippen LogP contribution in [0.4, 0.5) is 13.2 Å². The third-order valence-electron chi connectivity index (χ3n) is 1.71. The van der Waals surface area contributed by atoms with E-state index in [2.05, 4.69) is 10.2 Å². The van der Waals surface area contributed by atoms with E-state index in [1.54, 1.807) is 0 Å². The van der Waals surface area contributed by atoms with Crippen LogP contribution < -0.4 is 5.73 Å². The van der Waals surface area contributed by atoms with Crippen LogP contribution in [0.25, 0.3) is 0 Å². The molecule has 1 aromatic heterocycles. The Hall–Kier alpha value is -0.480. The first kappa shape index (κ1) is 14.6. The van der Waals surface area contributed by atoms with Crippen molar-refractivity contribution in [3.63, 3.8) is 0 Å². The van der Waals surface area contributed by atoms with E-state index >= 15 is 0 Å². The van der Waals surface area contributed by atoms with Crippen LogP contribution in [0.2, 0.25) is 0 Å². The average molecular weight is 302 g/mol. The van der Waals surface area contributed by atoms with Crippen LogP contribution in [0.1, 0.15) is 0 Å². The van der Waals surface area contributed by atoms with E-state index in [0.717, 1.165) is 11.8 Å². The van der Waals surface area contributed by atoms with Gasteiger partial charge in [0.15, 0.2) is 8.68 Å². The summed E-state index contributed by atoms with van der Waals surface area (Å²) in [5, 5.41) is 14.4. The molecule has 0 aliphatic carbocycles. The number of aromatic nitrogens is 2. The lowest BCUT2D eigenvalue weighted by atomic mass is 10.1. The summed E-state index contributed by atoms with van der Waals surface area (Å²) in [4.78, 5) is 0. The quantitative estimate of drug-likeness (QED) is 0.496. The monoisotopic (exact) mass is 302 g/mol. The van der Waals surface area contributed by atoms with E-state index in [0.29, 0.717) is 8.68 Å². The van der Waals surface area contributed by atoms with Gasteiger partial charge in [0.2, 0.25) is 0 Å². The molecule has 0 aromatic carbocycles. The molecule has 3 N–H and O–H groups in total. The van der Waals surface area contributed by atoms with E-state index in [-0.39, 0.29) is 5.75 Å². The number of hydrogen-bond acceptors (Lipinski definition) is 6. The number of thioether (sulfide) groups is 2. The van der Waals surface area contributed by atoms with Gasteiger partial charge in [-0.05, 0) is 6.26 Å². The number of nitrogens with one attached hydrogen (secondary N) is 1. The molecule has 0 amide bonds. The first-order valence-corrected chi connectivity index (χ1v) is 7.28. The molecule has 0 fully saturated rings. The van der Waals surface area contributed by atoms with Gasteiger partial charge in [-0.3, -0.25) is 5.41 Å². The number of halogens is 3. The van der Waals surface area contributed by atoms with Crippen molar-refractivity contribution in [2.45, 2.75) is 14.9 Å². The number of nitrogens with zero attached hydrogens (tertiary/aromatic N) is 2. The van der Waals surface area contributed by atoms with Crippen LogP contribution in [-0.4, -0.2) is 34.2 Å². The van der Waals surface area contributed by atoms with Crippen LogP contribution >= 0.6 is 34.9 Å². The van der Waals surface area contributed by atoms with E-state index in [4.69, 9.17) is 11.1 Å². The van der Waals surface area contributed by atoms with Gasteiger partial charge in [-0.25, -0.2) is 0 Å². The van der Waals surface area contributed by atoms with Crippen molar-refractivity contribution in [3.8, 4) is 0 Å². The van der Waals surface area contributed by atoms with Gasteiger partial charge >= 0.3 is 6.18 Å². The Bertz CT molecular complexity index is 392. The maximum absolute atomic E-state index is 12.5. The highest BCUT2D eigenvalue weighted by Gasteiger charge is 2.41. The third-order valence-corrected chi connectivity index (χ3v) is 4.83. The van der Waals surface area contributed by atoms with Crippen molar-refractivity contribution >= 4 is 40.7 Å². The minimum atomic E-state index is -4.49. The summed E-state index contributed by atoms with van der Waals surface area (Å²) < 4.78 is 38.6. The Morgan fingerprint density at radius 2 is 2.06 bits per heavy atom. The summed E-state index contributed by atoms with van der Waals surface area (Å²) >= 11 is 3.51. The second kappa shape index (κ2) is 5.91. The maximum atomic E-state index is 12.5. The standard InChI is InChI=1S/C7H9F3N4S3/c1-15-5-13-14-6(17-5)16-2-3(4(11)12)7(8,9)10/h3H,2H2,1H3,(H3,11,12). The molecule has 0 bridgehead atoms. The van der Waals surface area contributed by atoms with Crippen LogP contribution in [0.15, 0.2) is 8.68 Å². The average Bonchev–Trinajstić information content (AvgIpc) is 2.63. The Morgan fingerprint density at radius 1 is 1.47 bits per heavy atom. The van der Waals surface area contributed by atoms with E-state index < -0.39 is 17.9 Å². The van der Waals surface area contributed by atoms with Gasteiger partial charge in [-0.15, -0.1) is 10.2 Å². The zero-order chi connectivity index (χ0) is 13.1. The smallest absolute Gasteiger partial charge is 0.387 e. The summed E-state index contributed by atoms with van der Waals surface area (Å²) in [6.45, 7) is 0. The molecule has 0 saturated carbocycles. The minimum Gasteiger partial charge on any atom is -0.387 e. The fraction of sp³-hybridized carbons (Fsp3) is 0.571. The highest BCUT2D eigenvalue weighted by Crippen LogP contribution is 2.33. The number of amidine groups is 1. The van der Waals surface area contributed by atoms with Crippen LogP contribution in [0, 0.1) is 11.3 Å². The SMILES string of the molecule is CSc1nnc(SCC(C(=N)N)C(F)(F)F)s1. The summed E-state index contributed by atoms with van der Waals surface area (Å²) in [6, 6.07) is 0.